The summed E-state index contributed by atoms with van der Waals surface area (Å²) in [6.07, 6.45) is 6.78. The molecule has 0 aromatic heterocycles. The van der Waals surface area contributed by atoms with Gasteiger partial charge in [-0.25, -0.2) is 0 Å². The Morgan fingerprint density at radius 2 is 2.30 bits per heavy atom. The summed E-state index contributed by atoms with van der Waals surface area (Å²) in [6.45, 7) is 4.62. The molecule has 0 saturated carbocycles. The summed E-state index contributed by atoms with van der Waals surface area (Å²) in [5, 5.41) is 0. The Morgan fingerprint density at radius 3 is 2.70 bits per heavy atom. The third-order valence-corrected chi connectivity index (χ3v) is 5.18. The van der Waals surface area contributed by atoms with Crippen LogP contribution in [0.15, 0.2) is 11.6 Å². The molecule has 0 N–H and O–H groups in total. The van der Waals surface area contributed by atoms with E-state index in [0.717, 1.165) is 35.5 Å². The molecule has 0 aromatic carbocycles. The average molecular weight is 324 g/mol. The van der Waals surface area contributed by atoms with Gasteiger partial charge in [0.25, 0.3) is 0 Å². The monoisotopic (exact) mass is 325 g/mol. The minimum atomic E-state index is 0.806. The molecular weight excluding hydrogens is 309 g/mol. The molecule has 0 fully saturated rings. The van der Waals surface area contributed by atoms with Crippen molar-refractivity contribution < 1.29 is 26.1 Å². The third-order valence-electron chi connectivity index (χ3n) is 2.30. The zero-order chi connectivity index (χ0) is 7.56. The molecule has 1 rings (SSSR count). The molecule has 0 radical (unpaired) electrons. The molecule has 0 nitrogen and oxygen atoms in total. The van der Waals surface area contributed by atoms with Crippen molar-refractivity contribution in [1.82, 2.24) is 0 Å². The summed E-state index contributed by atoms with van der Waals surface area (Å²) in [7, 11) is 0. The van der Waals surface area contributed by atoms with Crippen molar-refractivity contribution in [3.63, 3.8) is 0 Å². The van der Waals surface area contributed by atoms with Gasteiger partial charge in [-0.3, -0.25) is 0 Å². The molecule has 0 spiro atoms. The molecule has 53 valence electrons. The van der Waals surface area contributed by atoms with Gasteiger partial charge in [-0.15, -0.1) is 0 Å². The van der Waals surface area contributed by atoms with E-state index in [2.05, 4.69) is 19.9 Å². The topological polar surface area (TPSA) is 0 Å². The van der Waals surface area contributed by atoms with E-state index in [1.54, 1.807) is 5.57 Å². The second-order valence-corrected chi connectivity index (χ2v) is 8.06. The predicted octanol–water partition coefficient (Wildman–Crippen LogP) is 3.09. The van der Waals surface area contributed by atoms with E-state index >= 15 is 0 Å². The van der Waals surface area contributed by atoms with Gasteiger partial charge >= 0.3 is 80.2 Å². The Hall–Kier alpha value is 0.675. The molecule has 1 aliphatic rings. The molecule has 0 heterocycles. The van der Waals surface area contributed by atoms with Crippen LogP contribution in [0.25, 0.3) is 0 Å². The van der Waals surface area contributed by atoms with Crippen LogP contribution < -0.4 is 0 Å². The molecule has 0 bridgehead atoms. The summed E-state index contributed by atoms with van der Waals surface area (Å²) in [5.74, 6) is 0.806. The molecule has 0 aliphatic heterocycles. The number of allylic oxidation sites excluding steroid dienone is 2. The van der Waals surface area contributed by atoms with Crippen molar-refractivity contribution >= 4 is 0 Å². The van der Waals surface area contributed by atoms with E-state index < -0.39 is 0 Å². The maximum atomic E-state index is 2.49. The van der Waals surface area contributed by atoms with E-state index in [9.17, 15) is 0 Å². The maximum absolute atomic E-state index is 2.49. The Bertz CT molecular complexity index is 136. The van der Waals surface area contributed by atoms with E-state index in [4.69, 9.17) is 0 Å². The molecule has 0 saturated heterocycles. The summed E-state index contributed by atoms with van der Waals surface area (Å²) >= 11 is 1.01. The van der Waals surface area contributed by atoms with Crippen LogP contribution in [0.5, 0.6) is 0 Å². The van der Waals surface area contributed by atoms with Crippen molar-refractivity contribution in [2.45, 2.75) is 36.5 Å². The SMILES string of the molecule is CC(C)C1=CC[CH]([Hg])CC1. The molecule has 1 atom stereocenters. The first-order chi connectivity index (χ1) is 4.70. The van der Waals surface area contributed by atoms with E-state index in [1.807, 2.05) is 0 Å². The second-order valence-electron chi connectivity index (χ2n) is 3.57. The van der Waals surface area contributed by atoms with E-state index in [1.165, 1.54) is 19.3 Å². The first-order valence-electron chi connectivity index (χ1n) is 4.22. The molecular formula is C9H15Hg. The molecule has 10 heavy (non-hydrogen) atoms. The number of hydrogen-bond donors (Lipinski definition) is 0. The normalized spacial score (nSPS) is 26.9. The van der Waals surface area contributed by atoms with Gasteiger partial charge in [0.1, 0.15) is 0 Å². The Morgan fingerprint density at radius 1 is 1.60 bits per heavy atom. The van der Waals surface area contributed by atoms with Crippen LogP contribution in [-0.4, -0.2) is 0 Å². The average Bonchev–Trinajstić information content (AvgIpc) is 1.88. The van der Waals surface area contributed by atoms with Gasteiger partial charge in [0.2, 0.25) is 0 Å². The summed E-state index contributed by atoms with van der Waals surface area (Å²) in [5.41, 5.74) is 1.71. The molecule has 0 amide bonds. The molecule has 0 aromatic rings. The van der Waals surface area contributed by atoms with Gasteiger partial charge in [-0.1, -0.05) is 0 Å². The van der Waals surface area contributed by atoms with Crippen LogP contribution >= 0.6 is 0 Å². The molecule has 1 heteroatoms. The predicted molar refractivity (Wildman–Crippen MR) is 40.5 cm³/mol. The third kappa shape index (κ3) is 2.37. The van der Waals surface area contributed by atoms with Crippen molar-refractivity contribution in [2.75, 3.05) is 0 Å². The standard InChI is InChI=1S/C9H15.Hg/c1-8(2)9-6-4-3-5-7-9;/h3,6,8H,4-5,7H2,1-2H3;. The van der Waals surface area contributed by atoms with Crippen LogP contribution in [0.1, 0.15) is 33.1 Å². The fourth-order valence-corrected chi connectivity index (χ4v) is 2.87. The van der Waals surface area contributed by atoms with Crippen LogP contribution in [0, 0.1) is 5.92 Å². The van der Waals surface area contributed by atoms with Crippen LogP contribution in [0.3, 0.4) is 0 Å². The van der Waals surface area contributed by atoms with Crippen LogP contribution in [0.4, 0.5) is 0 Å². The minimum absolute atomic E-state index is 0.806. The molecule has 1 unspecified atom stereocenters. The van der Waals surface area contributed by atoms with Gasteiger partial charge in [0.15, 0.2) is 0 Å². The van der Waals surface area contributed by atoms with Crippen molar-refractivity contribution in [3.05, 3.63) is 11.6 Å². The summed E-state index contributed by atoms with van der Waals surface area (Å²) in [4.78, 5) is 0. The van der Waals surface area contributed by atoms with E-state index in [-0.39, 0.29) is 0 Å². The van der Waals surface area contributed by atoms with Gasteiger partial charge in [0, 0.05) is 0 Å². The van der Waals surface area contributed by atoms with Crippen LogP contribution in [0.2, 0.25) is 3.43 Å². The summed E-state index contributed by atoms with van der Waals surface area (Å²) in [6, 6.07) is 0. The first-order valence-corrected chi connectivity index (χ1v) is 7.39. The van der Waals surface area contributed by atoms with Gasteiger partial charge in [-0.05, 0) is 0 Å². The van der Waals surface area contributed by atoms with Crippen molar-refractivity contribution in [2.24, 2.45) is 5.92 Å². The molecule has 1 aliphatic carbocycles. The van der Waals surface area contributed by atoms with Gasteiger partial charge < -0.3 is 0 Å². The fourth-order valence-electron chi connectivity index (χ4n) is 1.43. The van der Waals surface area contributed by atoms with E-state index in [0.29, 0.717) is 0 Å². The fraction of sp³-hybridized carbons (Fsp3) is 0.778. The number of rotatable bonds is 1. The number of hydrogen-bond acceptors (Lipinski definition) is 0. The Balaban J connectivity index is 2.48. The van der Waals surface area contributed by atoms with Crippen molar-refractivity contribution in [1.29, 1.82) is 0 Å². The van der Waals surface area contributed by atoms with Gasteiger partial charge in [-0.2, -0.15) is 0 Å². The quantitative estimate of drug-likeness (QED) is 0.514. The second kappa shape index (κ2) is 3.89. The zero-order valence-corrected chi connectivity index (χ0v) is 12.6. The van der Waals surface area contributed by atoms with Crippen molar-refractivity contribution in [3.8, 4) is 0 Å². The Labute approximate surface area is 80.1 Å². The van der Waals surface area contributed by atoms with Crippen LogP contribution in [-0.2, 0) is 26.1 Å². The van der Waals surface area contributed by atoms with Gasteiger partial charge in [0.05, 0.1) is 0 Å². The summed E-state index contributed by atoms with van der Waals surface area (Å²) < 4.78 is 1.13. The zero-order valence-electron chi connectivity index (χ0n) is 7.06. The first kappa shape index (κ1) is 8.77. The Kier molecular flexibility index (Phi) is 3.41.